The average Bonchev–Trinajstić information content (AvgIpc) is 2.92. The van der Waals surface area contributed by atoms with Crippen LogP contribution in [0.15, 0.2) is 35.4 Å². The lowest BCUT2D eigenvalue weighted by atomic mass is 10.00. The van der Waals surface area contributed by atoms with Gasteiger partial charge in [0.25, 0.3) is 0 Å². The van der Waals surface area contributed by atoms with E-state index in [9.17, 15) is 28.8 Å². The summed E-state index contributed by atoms with van der Waals surface area (Å²) in [5, 5.41) is 6.81. The van der Waals surface area contributed by atoms with Gasteiger partial charge in [-0.1, -0.05) is 23.3 Å². The van der Waals surface area contributed by atoms with Crippen molar-refractivity contribution in [3.05, 3.63) is 30.3 Å². The van der Waals surface area contributed by atoms with Crippen LogP contribution >= 0.6 is 0 Å². The Bertz CT molecular complexity index is 1160. The molecular formula is C26H34N4O12. The van der Waals surface area contributed by atoms with E-state index in [0.29, 0.717) is 5.69 Å². The minimum Gasteiger partial charge on any atom is -0.462 e. The summed E-state index contributed by atoms with van der Waals surface area (Å²) in [6.07, 6.45) is -5.95. The van der Waals surface area contributed by atoms with Crippen LogP contribution in [0, 0.1) is 0 Å². The Morgan fingerprint density at radius 1 is 0.762 bits per heavy atom. The Morgan fingerprint density at radius 3 is 1.86 bits per heavy atom. The van der Waals surface area contributed by atoms with E-state index in [-0.39, 0.29) is 13.2 Å². The molecule has 0 aromatic heterocycles. The van der Waals surface area contributed by atoms with Gasteiger partial charge in [0, 0.05) is 27.7 Å². The largest absolute Gasteiger partial charge is 0.462 e. The molecule has 4 atom stereocenters. The first-order chi connectivity index (χ1) is 19.9. The van der Waals surface area contributed by atoms with Crippen molar-refractivity contribution in [1.29, 1.82) is 0 Å². The Kier molecular flexibility index (Phi) is 12.5. The van der Waals surface area contributed by atoms with Crippen LogP contribution in [0.25, 0.3) is 0 Å². The van der Waals surface area contributed by atoms with Gasteiger partial charge >= 0.3 is 36.1 Å². The number of amides is 2. The second-order valence-corrected chi connectivity index (χ2v) is 8.51. The quantitative estimate of drug-likeness (QED) is 0.268. The van der Waals surface area contributed by atoms with E-state index in [2.05, 4.69) is 5.10 Å². The van der Waals surface area contributed by atoms with Gasteiger partial charge in [0.2, 0.25) is 0 Å². The predicted octanol–water partition coefficient (Wildman–Crippen LogP) is 1.97. The number of carbonyl (C=O) groups excluding carboxylic acids is 6. The minimum atomic E-state index is -1.70. The maximum absolute atomic E-state index is 13.5. The van der Waals surface area contributed by atoms with Crippen LogP contribution < -0.4 is 5.12 Å². The standard InChI is InChI=1S/C26H34N4O12/c1-7-37-25(35)28-21(14-27-29(20-12-10-9-11-13-20)30(28)26(36)38-8-2)23(41-18(5)33)24(42-19(6)34)22(40-17(4)32)15-39-16(3)31/h9-14,21-24H,7-8,15H2,1-6H3/t21-,22-,23-,24+/m1/s1. The van der Waals surface area contributed by atoms with E-state index >= 15 is 0 Å². The lowest BCUT2D eigenvalue weighted by Crippen LogP contribution is -2.69. The number of benzene rings is 1. The van der Waals surface area contributed by atoms with E-state index in [0.717, 1.165) is 49.2 Å². The van der Waals surface area contributed by atoms with Crippen LogP contribution in [-0.2, 0) is 47.6 Å². The molecule has 0 saturated heterocycles. The first kappa shape index (κ1) is 33.3. The molecule has 16 heteroatoms. The van der Waals surface area contributed by atoms with Crippen LogP contribution in [0.4, 0.5) is 15.3 Å². The molecule has 1 heterocycles. The molecule has 0 bridgehead atoms. The second-order valence-electron chi connectivity index (χ2n) is 8.51. The summed E-state index contributed by atoms with van der Waals surface area (Å²) in [6, 6.07) is 6.69. The van der Waals surface area contributed by atoms with E-state index in [4.69, 9.17) is 28.4 Å². The highest BCUT2D eigenvalue weighted by atomic mass is 16.6. The van der Waals surface area contributed by atoms with E-state index in [1.54, 1.807) is 37.3 Å². The summed E-state index contributed by atoms with van der Waals surface area (Å²) in [6.45, 7) is 6.45. The third-order valence-corrected chi connectivity index (χ3v) is 5.27. The summed E-state index contributed by atoms with van der Waals surface area (Å²) in [5.41, 5.74) is 0.322. The van der Waals surface area contributed by atoms with Crippen molar-refractivity contribution in [1.82, 2.24) is 10.1 Å². The van der Waals surface area contributed by atoms with Crippen molar-refractivity contribution < 1.29 is 57.2 Å². The van der Waals surface area contributed by atoms with Gasteiger partial charge < -0.3 is 28.4 Å². The van der Waals surface area contributed by atoms with Gasteiger partial charge in [-0.15, -0.1) is 5.12 Å². The van der Waals surface area contributed by atoms with Crippen LogP contribution in [0.1, 0.15) is 41.5 Å². The maximum atomic E-state index is 13.5. The zero-order valence-electron chi connectivity index (χ0n) is 24.1. The van der Waals surface area contributed by atoms with Crippen molar-refractivity contribution in [2.75, 3.05) is 24.9 Å². The maximum Gasteiger partial charge on any atom is 0.450 e. The van der Waals surface area contributed by atoms with Crippen molar-refractivity contribution >= 4 is 48.0 Å². The fourth-order valence-electron chi connectivity index (χ4n) is 3.84. The molecular weight excluding hydrogens is 560 g/mol. The zero-order valence-corrected chi connectivity index (χ0v) is 24.1. The molecule has 230 valence electrons. The highest BCUT2D eigenvalue weighted by Gasteiger charge is 2.51. The third-order valence-electron chi connectivity index (χ3n) is 5.27. The van der Waals surface area contributed by atoms with E-state index in [1.165, 1.54) is 6.92 Å². The topological polar surface area (TPSA) is 180 Å². The molecule has 16 nitrogen and oxygen atoms in total. The highest BCUT2D eigenvalue weighted by Crippen LogP contribution is 2.29. The van der Waals surface area contributed by atoms with E-state index < -0.39 is 67.0 Å². The van der Waals surface area contributed by atoms with Gasteiger partial charge in [0.05, 0.1) is 25.1 Å². The molecule has 1 aromatic rings. The Balaban J connectivity index is 2.80. The molecule has 2 rings (SSSR count). The summed E-state index contributed by atoms with van der Waals surface area (Å²) < 4.78 is 31.7. The van der Waals surface area contributed by atoms with Crippen molar-refractivity contribution in [2.24, 2.45) is 5.10 Å². The first-order valence-corrected chi connectivity index (χ1v) is 12.9. The van der Waals surface area contributed by atoms with Gasteiger partial charge in [-0.2, -0.15) is 10.1 Å². The summed E-state index contributed by atoms with van der Waals surface area (Å²) in [5.74, 6) is -3.41. The van der Waals surface area contributed by atoms with Crippen LogP contribution in [0.3, 0.4) is 0 Å². The number of hydrogen-bond donors (Lipinski definition) is 0. The number of hydrogen-bond acceptors (Lipinski definition) is 14. The van der Waals surface area contributed by atoms with Gasteiger partial charge in [-0.3, -0.25) is 19.2 Å². The number of anilines is 1. The molecule has 1 aliphatic rings. The lowest BCUT2D eigenvalue weighted by Gasteiger charge is -2.46. The molecule has 0 fully saturated rings. The van der Waals surface area contributed by atoms with Gasteiger partial charge in [0.1, 0.15) is 12.6 Å². The fourth-order valence-corrected chi connectivity index (χ4v) is 3.84. The molecule has 2 amide bonds. The van der Waals surface area contributed by atoms with Crippen molar-refractivity contribution in [3.8, 4) is 0 Å². The summed E-state index contributed by atoms with van der Waals surface area (Å²) in [7, 11) is 0. The lowest BCUT2D eigenvalue weighted by molar-refractivity contribution is -0.195. The number of nitrogens with zero attached hydrogens (tertiary/aromatic N) is 4. The molecule has 0 spiro atoms. The number of carbonyl (C=O) groups is 6. The van der Waals surface area contributed by atoms with Crippen molar-refractivity contribution in [3.63, 3.8) is 0 Å². The fraction of sp³-hybridized carbons (Fsp3) is 0.500. The molecule has 0 aliphatic carbocycles. The van der Waals surface area contributed by atoms with Crippen LogP contribution in [-0.4, -0.2) is 96.6 Å². The molecule has 0 saturated carbocycles. The Morgan fingerprint density at radius 2 is 1.33 bits per heavy atom. The first-order valence-electron chi connectivity index (χ1n) is 12.9. The third kappa shape index (κ3) is 9.07. The van der Waals surface area contributed by atoms with Gasteiger partial charge in [-0.05, 0) is 26.0 Å². The number of ether oxygens (including phenoxy) is 6. The smallest absolute Gasteiger partial charge is 0.450 e. The SMILES string of the molecule is CCOC(=O)N1[C@@H]([C@@H](OC(C)=O)[C@@H](OC(C)=O)[C@@H](COC(C)=O)OC(C)=O)C=NN(c2ccccc2)N1C(=O)OCC. The Hall–Kier alpha value is -4.89. The number of esters is 4. The number of hydrazine groups is 2. The van der Waals surface area contributed by atoms with Crippen LogP contribution in [0.5, 0.6) is 0 Å². The molecule has 0 N–H and O–H groups in total. The highest BCUT2D eigenvalue weighted by molar-refractivity contribution is 5.83. The molecule has 1 aliphatic heterocycles. The molecule has 1 aromatic carbocycles. The number of para-hydroxylation sites is 1. The van der Waals surface area contributed by atoms with E-state index in [1.807, 2.05) is 0 Å². The zero-order chi connectivity index (χ0) is 31.4. The minimum absolute atomic E-state index is 0.0939. The normalized spacial score (nSPS) is 16.4. The molecule has 0 radical (unpaired) electrons. The number of rotatable bonds is 11. The molecule has 0 unspecified atom stereocenters. The summed E-state index contributed by atoms with van der Waals surface area (Å²) in [4.78, 5) is 74.9. The average molecular weight is 595 g/mol. The number of hydrazone groups is 1. The van der Waals surface area contributed by atoms with Gasteiger partial charge in [0.15, 0.2) is 18.3 Å². The van der Waals surface area contributed by atoms with Crippen LogP contribution in [0.2, 0.25) is 0 Å². The van der Waals surface area contributed by atoms with Crippen molar-refractivity contribution in [2.45, 2.75) is 65.9 Å². The van der Waals surface area contributed by atoms with Gasteiger partial charge in [-0.25, -0.2) is 9.59 Å². The molecule has 42 heavy (non-hydrogen) atoms. The monoisotopic (exact) mass is 594 g/mol. The Labute approximate surface area is 241 Å². The predicted molar refractivity (Wildman–Crippen MR) is 142 cm³/mol. The second kappa shape index (κ2) is 15.8. The summed E-state index contributed by atoms with van der Waals surface area (Å²) >= 11 is 0.